The van der Waals surface area contributed by atoms with Crippen LogP contribution < -0.4 is 4.90 Å². The summed E-state index contributed by atoms with van der Waals surface area (Å²) in [6.07, 6.45) is 1.83. The molecule has 21 heavy (non-hydrogen) atoms. The number of aryl methyl sites for hydroxylation is 1. The van der Waals surface area contributed by atoms with Crippen molar-refractivity contribution in [3.8, 4) is 0 Å². The summed E-state index contributed by atoms with van der Waals surface area (Å²) < 4.78 is 3.84. The third-order valence-electron chi connectivity index (χ3n) is 3.85. The van der Waals surface area contributed by atoms with Crippen LogP contribution in [0.3, 0.4) is 0 Å². The van der Waals surface area contributed by atoms with Gasteiger partial charge in [0, 0.05) is 25.8 Å². The van der Waals surface area contributed by atoms with E-state index in [1.165, 1.54) is 0 Å². The molecule has 3 aromatic rings. The summed E-state index contributed by atoms with van der Waals surface area (Å²) in [6, 6.07) is 9.71. The highest BCUT2D eigenvalue weighted by molar-refractivity contribution is 6.05. The van der Waals surface area contributed by atoms with Crippen molar-refractivity contribution in [2.45, 2.75) is 20.0 Å². The van der Waals surface area contributed by atoms with Gasteiger partial charge in [0.15, 0.2) is 5.69 Å². The number of carbonyl (C=O) groups excluding carboxylic acids is 1. The van der Waals surface area contributed by atoms with E-state index in [0.29, 0.717) is 18.2 Å². The van der Waals surface area contributed by atoms with Crippen LogP contribution in [0.25, 0.3) is 11.0 Å². The minimum Gasteiger partial charge on any atom is -0.308 e. The van der Waals surface area contributed by atoms with Gasteiger partial charge in [-0.2, -0.15) is 5.10 Å². The maximum absolute atomic E-state index is 12.6. The lowest BCUT2D eigenvalue weighted by Crippen LogP contribution is -2.29. The number of imidazole rings is 1. The summed E-state index contributed by atoms with van der Waals surface area (Å²) >= 11 is 0. The Bertz CT molecular complexity index is 832. The van der Waals surface area contributed by atoms with Crippen molar-refractivity contribution in [1.82, 2.24) is 19.3 Å². The number of para-hydroxylation sites is 2. The molecule has 4 rings (SSSR count). The first-order valence-electron chi connectivity index (χ1n) is 7.08. The molecule has 6 nitrogen and oxygen atoms in total. The summed E-state index contributed by atoms with van der Waals surface area (Å²) in [4.78, 5) is 18.9. The Labute approximate surface area is 121 Å². The van der Waals surface area contributed by atoms with Gasteiger partial charge < -0.3 is 4.57 Å². The topological polar surface area (TPSA) is 56.0 Å². The predicted molar refractivity (Wildman–Crippen MR) is 79.3 cm³/mol. The number of benzene rings is 1. The van der Waals surface area contributed by atoms with Crippen LogP contribution in [0.5, 0.6) is 0 Å². The van der Waals surface area contributed by atoms with Gasteiger partial charge in [0.1, 0.15) is 0 Å². The molecule has 6 heteroatoms. The third kappa shape index (κ3) is 1.75. The normalized spacial score (nSPS) is 13.9. The van der Waals surface area contributed by atoms with Crippen molar-refractivity contribution in [2.75, 3.05) is 11.4 Å². The van der Waals surface area contributed by atoms with Gasteiger partial charge in [-0.05, 0) is 25.1 Å². The molecular weight excluding hydrogens is 266 g/mol. The van der Waals surface area contributed by atoms with Gasteiger partial charge in [0.2, 0.25) is 5.95 Å². The highest BCUT2D eigenvalue weighted by Gasteiger charge is 2.30. The van der Waals surface area contributed by atoms with E-state index in [4.69, 9.17) is 0 Å². The highest BCUT2D eigenvalue weighted by Crippen LogP contribution is 2.27. The molecule has 0 spiro atoms. The van der Waals surface area contributed by atoms with Crippen molar-refractivity contribution >= 4 is 22.9 Å². The molecule has 0 bridgehead atoms. The van der Waals surface area contributed by atoms with E-state index in [2.05, 4.69) is 14.6 Å². The summed E-state index contributed by atoms with van der Waals surface area (Å²) in [5.41, 5.74) is 2.46. The fraction of sp³-hybridized carbons (Fsp3) is 0.267. The molecule has 0 atom stereocenters. The number of aromatic nitrogens is 4. The molecule has 2 aromatic heterocycles. The molecule has 106 valence electrons. The Morgan fingerprint density at radius 2 is 2.10 bits per heavy atom. The smallest absolute Gasteiger partial charge is 0.281 e. The van der Waals surface area contributed by atoms with Gasteiger partial charge in [0.25, 0.3) is 5.91 Å². The van der Waals surface area contributed by atoms with Gasteiger partial charge in [0.05, 0.1) is 11.0 Å². The fourth-order valence-corrected chi connectivity index (χ4v) is 2.77. The summed E-state index contributed by atoms with van der Waals surface area (Å²) in [5, 5.41) is 4.29. The zero-order valence-electron chi connectivity index (χ0n) is 11.7. The Hall–Kier alpha value is -2.63. The number of nitrogens with zero attached hydrogens (tertiary/aromatic N) is 5. The largest absolute Gasteiger partial charge is 0.308 e. The van der Waals surface area contributed by atoms with E-state index in [9.17, 15) is 4.79 Å². The summed E-state index contributed by atoms with van der Waals surface area (Å²) in [5.74, 6) is 0.628. The number of anilines is 1. The Balaban J connectivity index is 1.74. The maximum atomic E-state index is 12.6. The first kappa shape index (κ1) is 12.1. The number of hydrogen-bond donors (Lipinski definition) is 0. The number of rotatable bonds is 2. The lowest BCUT2D eigenvalue weighted by molar-refractivity contribution is 0.0983. The van der Waals surface area contributed by atoms with Crippen molar-refractivity contribution in [2.24, 2.45) is 0 Å². The lowest BCUT2D eigenvalue weighted by Gasteiger charge is -2.11. The molecular formula is C15H15N5O. The average Bonchev–Trinajstić information content (AvgIpc) is 3.21. The lowest BCUT2D eigenvalue weighted by atomic mass is 10.3. The molecule has 1 aliphatic rings. The second-order valence-electron chi connectivity index (χ2n) is 5.07. The molecule has 1 aromatic carbocycles. The Kier molecular flexibility index (Phi) is 2.57. The van der Waals surface area contributed by atoms with Crippen LogP contribution in [-0.4, -0.2) is 31.8 Å². The molecule has 1 aliphatic heterocycles. The van der Waals surface area contributed by atoms with Crippen molar-refractivity contribution in [3.63, 3.8) is 0 Å². The van der Waals surface area contributed by atoms with E-state index in [0.717, 1.165) is 24.1 Å². The first-order valence-corrected chi connectivity index (χ1v) is 7.08. The molecule has 1 amide bonds. The minimum atomic E-state index is -0.0868. The molecule has 0 saturated carbocycles. The molecule has 3 heterocycles. The molecule has 0 saturated heterocycles. The fourth-order valence-electron chi connectivity index (χ4n) is 2.77. The van der Waals surface area contributed by atoms with Crippen LogP contribution in [0.2, 0.25) is 0 Å². The zero-order chi connectivity index (χ0) is 14.4. The van der Waals surface area contributed by atoms with Crippen LogP contribution in [0.15, 0.2) is 36.5 Å². The van der Waals surface area contributed by atoms with Gasteiger partial charge in [-0.25, -0.2) is 4.98 Å². The Morgan fingerprint density at radius 3 is 2.90 bits per heavy atom. The van der Waals surface area contributed by atoms with Crippen LogP contribution in [0.1, 0.15) is 17.4 Å². The Morgan fingerprint density at radius 1 is 1.24 bits per heavy atom. The van der Waals surface area contributed by atoms with Gasteiger partial charge in [-0.3, -0.25) is 14.4 Å². The molecule has 0 unspecified atom stereocenters. The van der Waals surface area contributed by atoms with E-state index < -0.39 is 0 Å². The first-order chi connectivity index (χ1) is 10.3. The molecule has 0 N–H and O–H groups in total. The van der Waals surface area contributed by atoms with E-state index in [1.54, 1.807) is 15.6 Å². The van der Waals surface area contributed by atoms with E-state index >= 15 is 0 Å². The SMILES string of the molecule is CCn1ccc(C(=O)N2CCn3c2nc2ccccc23)n1. The van der Waals surface area contributed by atoms with Crippen LogP contribution in [0, 0.1) is 0 Å². The van der Waals surface area contributed by atoms with E-state index in [-0.39, 0.29) is 5.91 Å². The average molecular weight is 281 g/mol. The van der Waals surface area contributed by atoms with Crippen molar-refractivity contribution in [1.29, 1.82) is 0 Å². The summed E-state index contributed by atoms with van der Waals surface area (Å²) in [7, 11) is 0. The van der Waals surface area contributed by atoms with Gasteiger partial charge in [-0.15, -0.1) is 0 Å². The highest BCUT2D eigenvalue weighted by atomic mass is 16.2. The van der Waals surface area contributed by atoms with Gasteiger partial charge >= 0.3 is 0 Å². The van der Waals surface area contributed by atoms with E-state index in [1.807, 2.05) is 37.4 Å². The second kappa shape index (κ2) is 4.44. The number of amides is 1. The molecule has 0 aliphatic carbocycles. The number of hydrogen-bond acceptors (Lipinski definition) is 3. The van der Waals surface area contributed by atoms with Gasteiger partial charge in [-0.1, -0.05) is 12.1 Å². The maximum Gasteiger partial charge on any atom is 0.281 e. The molecule has 0 radical (unpaired) electrons. The summed E-state index contributed by atoms with van der Waals surface area (Å²) in [6.45, 7) is 4.17. The zero-order valence-corrected chi connectivity index (χ0v) is 11.7. The number of fused-ring (bicyclic) bond motifs is 3. The quantitative estimate of drug-likeness (QED) is 0.721. The van der Waals surface area contributed by atoms with Crippen LogP contribution in [0.4, 0.5) is 5.95 Å². The van der Waals surface area contributed by atoms with Crippen molar-refractivity contribution < 1.29 is 4.79 Å². The second-order valence-corrected chi connectivity index (χ2v) is 5.07. The van der Waals surface area contributed by atoms with Crippen molar-refractivity contribution in [3.05, 3.63) is 42.2 Å². The predicted octanol–water partition coefficient (Wildman–Crippen LogP) is 1.91. The van der Waals surface area contributed by atoms with Crippen LogP contribution in [-0.2, 0) is 13.1 Å². The minimum absolute atomic E-state index is 0.0868. The molecule has 0 fully saturated rings. The standard InChI is InChI=1S/C15H15N5O/c1-2-18-8-7-12(17-18)14(21)20-10-9-19-13-6-4-3-5-11(13)16-15(19)20/h3-8H,2,9-10H2,1H3. The third-order valence-corrected chi connectivity index (χ3v) is 3.85. The number of carbonyl (C=O) groups is 1. The van der Waals surface area contributed by atoms with Crippen LogP contribution >= 0.6 is 0 Å². The monoisotopic (exact) mass is 281 g/mol.